The maximum Gasteiger partial charge on any atom is 0.313 e. The first-order valence-electron chi connectivity index (χ1n) is 9.98. The van der Waals surface area contributed by atoms with E-state index < -0.39 is 10.1 Å². The van der Waals surface area contributed by atoms with Crippen LogP contribution in [-0.2, 0) is 19.8 Å². The largest absolute Gasteiger partial charge is 0.380 e. The Bertz CT molecular complexity index is 1020. The lowest BCUT2D eigenvalue weighted by atomic mass is 9.67. The van der Waals surface area contributed by atoms with Gasteiger partial charge in [0.1, 0.15) is 0 Å². The number of nitrogens with one attached hydrogen (secondary N) is 1. The van der Waals surface area contributed by atoms with Crippen LogP contribution in [0.2, 0.25) is 5.02 Å². The third kappa shape index (κ3) is 3.56. The van der Waals surface area contributed by atoms with Crippen LogP contribution in [0.15, 0.2) is 47.4 Å². The van der Waals surface area contributed by atoms with Crippen molar-refractivity contribution in [3.8, 4) is 0 Å². The highest BCUT2D eigenvalue weighted by Gasteiger charge is 2.53. The first-order valence-corrected chi connectivity index (χ1v) is 11.8. The molecule has 29 heavy (non-hydrogen) atoms. The summed E-state index contributed by atoms with van der Waals surface area (Å²) in [6.45, 7) is 8.91. The highest BCUT2D eigenvalue weighted by atomic mass is 35.5. The fraction of sp³-hybridized carbons (Fsp3) is 0.455. The van der Waals surface area contributed by atoms with Crippen LogP contribution < -0.4 is 5.32 Å². The van der Waals surface area contributed by atoms with Gasteiger partial charge in [-0.15, -0.1) is 0 Å². The average molecular weight is 435 g/mol. The van der Waals surface area contributed by atoms with Gasteiger partial charge >= 0.3 is 10.1 Å². The van der Waals surface area contributed by atoms with Gasteiger partial charge in [0, 0.05) is 29.2 Å². The maximum absolute atomic E-state index is 12.9. The quantitative estimate of drug-likeness (QED) is 0.752. The van der Waals surface area contributed by atoms with Gasteiger partial charge in [-0.3, -0.25) is 0 Å². The topological polar surface area (TPSA) is 58.6 Å². The molecule has 0 aliphatic carbocycles. The number of nitrogens with zero attached hydrogens (tertiary/aromatic N) is 1. The van der Waals surface area contributed by atoms with Crippen molar-refractivity contribution >= 4 is 27.4 Å². The molecule has 1 fully saturated rings. The molecule has 5 nitrogen and oxygen atoms in total. The normalized spacial score (nSPS) is 25.9. The Morgan fingerprint density at radius 2 is 1.90 bits per heavy atom. The van der Waals surface area contributed by atoms with Crippen molar-refractivity contribution < 1.29 is 12.7 Å². The molecule has 0 spiro atoms. The van der Waals surface area contributed by atoms with Crippen molar-refractivity contribution in [2.45, 2.75) is 56.5 Å². The molecule has 2 aromatic carbocycles. The first-order chi connectivity index (χ1) is 13.6. The monoisotopic (exact) mass is 434 g/mol. The van der Waals surface area contributed by atoms with E-state index in [-0.39, 0.29) is 28.3 Å². The predicted octanol–water partition coefficient (Wildman–Crippen LogP) is 4.75. The summed E-state index contributed by atoms with van der Waals surface area (Å²) in [7, 11) is -3.88. The van der Waals surface area contributed by atoms with E-state index in [0.717, 1.165) is 23.2 Å². The van der Waals surface area contributed by atoms with E-state index in [1.807, 2.05) is 25.1 Å². The fourth-order valence-corrected chi connectivity index (χ4v) is 5.89. The van der Waals surface area contributed by atoms with Crippen LogP contribution in [0.4, 0.5) is 5.69 Å². The minimum absolute atomic E-state index is 0.0525. The van der Waals surface area contributed by atoms with E-state index in [0.29, 0.717) is 11.6 Å². The summed E-state index contributed by atoms with van der Waals surface area (Å²) in [5, 5.41) is 6.00. The zero-order valence-corrected chi connectivity index (χ0v) is 18.7. The Hall–Kier alpha value is -1.60. The molecule has 0 amide bonds. The molecule has 0 radical (unpaired) electrons. The lowest BCUT2D eigenvalue weighted by Crippen LogP contribution is -2.48. The van der Waals surface area contributed by atoms with Crippen molar-refractivity contribution in [2.75, 3.05) is 11.9 Å². The molecule has 2 aromatic rings. The van der Waals surface area contributed by atoms with Crippen LogP contribution in [-0.4, -0.2) is 32.1 Å². The van der Waals surface area contributed by atoms with E-state index in [1.165, 1.54) is 0 Å². The van der Waals surface area contributed by atoms with E-state index >= 15 is 0 Å². The van der Waals surface area contributed by atoms with Crippen molar-refractivity contribution in [1.29, 1.82) is 0 Å². The molecule has 156 valence electrons. The Kier molecular flexibility index (Phi) is 5.18. The summed E-state index contributed by atoms with van der Waals surface area (Å²) in [5.74, 6) is 0.187. The van der Waals surface area contributed by atoms with Crippen LogP contribution in [0, 0.1) is 12.8 Å². The smallest absolute Gasteiger partial charge is 0.313 e. The van der Waals surface area contributed by atoms with Crippen molar-refractivity contribution in [1.82, 2.24) is 5.06 Å². The zero-order chi connectivity index (χ0) is 21.0. The number of hydrogen-bond acceptors (Lipinski definition) is 5. The Balaban J connectivity index is 1.65. The second-order valence-corrected chi connectivity index (χ2v) is 10.6. The lowest BCUT2D eigenvalue weighted by Gasteiger charge is -2.43. The second-order valence-electron chi connectivity index (χ2n) is 8.61. The molecule has 1 unspecified atom stereocenters. The summed E-state index contributed by atoms with van der Waals surface area (Å²) in [6.07, 6.45) is 0.774. The second kappa shape index (κ2) is 7.27. The number of halogens is 1. The van der Waals surface area contributed by atoms with Crippen molar-refractivity contribution in [2.24, 2.45) is 5.92 Å². The minimum atomic E-state index is -3.88. The van der Waals surface area contributed by atoms with Gasteiger partial charge in [-0.1, -0.05) is 50.1 Å². The van der Waals surface area contributed by atoms with Gasteiger partial charge in [0.25, 0.3) is 0 Å². The molecular formula is C22H27ClN2O3S. The van der Waals surface area contributed by atoms with Gasteiger partial charge in [-0.05, 0) is 54.7 Å². The molecule has 0 bridgehead atoms. The van der Waals surface area contributed by atoms with Crippen LogP contribution >= 0.6 is 11.6 Å². The van der Waals surface area contributed by atoms with Crippen molar-refractivity contribution in [3.05, 3.63) is 58.6 Å². The molecule has 1 N–H and O–H groups in total. The molecule has 2 heterocycles. The van der Waals surface area contributed by atoms with Crippen LogP contribution in [0.1, 0.15) is 38.3 Å². The number of aryl methyl sites for hydroxylation is 1. The maximum atomic E-state index is 12.9. The summed E-state index contributed by atoms with van der Waals surface area (Å²) >= 11 is 6.26. The molecule has 0 saturated carbocycles. The van der Waals surface area contributed by atoms with Gasteiger partial charge in [0.05, 0.1) is 10.9 Å². The Morgan fingerprint density at radius 3 is 2.55 bits per heavy atom. The number of benzene rings is 2. The fourth-order valence-electron chi connectivity index (χ4n) is 4.74. The Morgan fingerprint density at radius 1 is 1.21 bits per heavy atom. The molecular weight excluding hydrogens is 408 g/mol. The minimum Gasteiger partial charge on any atom is -0.380 e. The highest BCUT2D eigenvalue weighted by Crippen LogP contribution is 2.49. The SMILES string of the molecule is CCC1[C@@H]2Nc3ccc(Cl)cc3C(C)(C)[C@H]2CN1OS(=O)(=O)c1ccc(C)cc1. The lowest BCUT2D eigenvalue weighted by molar-refractivity contribution is -0.0685. The molecule has 1 saturated heterocycles. The standard InChI is InChI=1S/C22H27ClN2O3S/c1-5-20-21-18(22(3,4)17-12-15(23)8-11-19(17)24-21)13-25(20)28-29(26,27)16-9-6-14(2)7-10-16/h6-12,18,20-21,24H,5,13H2,1-4H3/t18-,20?,21+/m0/s1. The third-order valence-electron chi connectivity index (χ3n) is 6.44. The van der Waals surface area contributed by atoms with E-state index in [2.05, 4.69) is 26.1 Å². The highest BCUT2D eigenvalue weighted by molar-refractivity contribution is 7.86. The molecule has 2 aliphatic rings. The predicted molar refractivity (Wildman–Crippen MR) is 116 cm³/mol. The first kappa shape index (κ1) is 20.7. The number of anilines is 1. The third-order valence-corrected chi connectivity index (χ3v) is 7.91. The Labute approximate surface area is 178 Å². The average Bonchev–Trinajstić information content (AvgIpc) is 3.00. The summed E-state index contributed by atoms with van der Waals surface area (Å²) in [6, 6.07) is 12.7. The van der Waals surface area contributed by atoms with Crippen LogP contribution in [0.5, 0.6) is 0 Å². The molecule has 0 aromatic heterocycles. The molecule has 7 heteroatoms. The zero-order valence-electron chi connectivity index (χ0n) is 17.1. The molecule has 3 atom stereocenters. The van der Waals surface area contributed by atoms with Gasteiger partial charge in [0.15, 0.2) is 0 Å². The van der Waals surface area contributed by atoms with Crippen LogP contribution in [0.25, 0.3) is 0 Å². The number of hydrogen-bond donors (Lipinski definition) is 1. The van der Waals surface area contributed by atoms with Crippen molar-refractivity contribution in [3.63, 3.8) is 0 Å². The number of rotatable bonds is 4. The van der Waals surface area contributed by atoms with Gasteiger partial charge in [-0.2, -0.15) is 17.8 Å². The van der Waals surface area contributed by atoms with Gasteiger partial charge in [-0.25, -0.2) is 0 Å². The summed E-state index contributed by atoms with van der Waals surface area (Å²) < 4.78 is 31.5. The van der Waals surface area contributed by atoms with E-state index in [1.54, 1.807) is 29.3 Å². The van der Waals surface area contributed by atoms with Crippen LogP contribution in [0.3, 0.4) is 0 Å². The summed E-state index contributed by atoms with van der Waals surface area (Å²) in [4.78, 5) is 0.176. The van der Waals surface area contributed by atoms with E-state index in [4.69, 9.17) is 15.9 Å². The van der Waals surface area contributed by atoms with E-state index in [9.17, 15) is 8.42 Å². The molecule has 4 rings (SSSR count). The number of fused-ring (bicyclic) bond motifs is 2. The van der Waals surface area contributed by atoms with Gasteiger partial charge < -0.3 is 5.32 Å². The number of hydroxylamine groups is 2. The molecule has 2 aliphatic heterocycles. The van der Waals surface area contributed by atoms with Gasteiger partial charge in [0.2, 0.25) is 0 Å². The summed E-state index contributed by atoms with van der Waals surface area (Å²) in [5.41, 5.74) is 3.05.